The zero-order chi connectivity index (χ0) is 24.3. The Labute approximate surface area is 212 Å². The Morgan fingerprint density at radius 3 is 2.58 bits per heavy atom. The fourth-order valence-corrected chi connectivity index (χ4v) is 8.42. The first-order valence-corrected chi connectivity index (χ1v) is 13.7. The van der Waals surface area contributed by atoms with Gasteiger partial charge in [0, 0.05) is 18.5 Å². The Morgan fingerprint density at radius 1 is 1.06 bits per heavy atom. The molecule has 3 heterocycles. The van der Waals surface area contributed by atoms with Crippen LogP contribution in [0.1, 0.15) is 61.8 Å². The maximum absolute atomic E-state index is 13.3. The Kier molecular flexibility index (Phi) is 5.29. The Morgan fingerprint density at radius 2 is 1.81 bits per heavy atom. The number of benzene rings is 1. The van der Waals surface area contributed by atoms with Gasteiger partial charge in [-0.2, -0.15) is 0 Å². The molecule has 0 saturated heterocycles. The van der Waals surface area contributed by atoms with Crippen molar-refractivity contribution in [2.45, 2.75) is 64.3 Å². The minimum absolute atomic E-state index is 0.0920. The molecular weight excluding hydrogens is 452 g/mol. The third-order valence-electron chi connectivity index (χ3n) is 9.51. The second kappa shape index (κ2) is 8.56. The van der Waals surface area contributed by atoms with Crippen molar-refractivity contribution in [1.82, 2.24) is 14.9 Å². The highest BCUT2D eigenvalue weighted by Gasteiger charge is 2.51. The van der Waals surface area contributed by atoms with Crippen molar-refractivity contribution in [3.05, 3.63) is 47.4 Å². The lowest BCUT2D eigenvalue weighted by Gasteiger charge is -2.56. The quantitative estimate of drug-likeness (QED) is 0.702. The molecule has 36 heavy (non-hydrogen) atoms. The van der Waals surface area contributed by atoms with Crippen molar-refractivity contribution in [3.63, 3.8) is 0 Å². The summed E-state index contributed by atoms with van der Waals surface area (Å²) in [4.78, 5) is 37.4. The minimum Gasteiger partial charge on any atom is -0.492 e. The lowest BCUT2D eigenvalue weighted by molar-refractivity contribution is -0.138. The number of carbonyl (C=O) groups excluding carboxylic acids is 2. The van der Waals surface area contributed by atoms with E-state index >= 15 is 0 Å². The molecule has 1 aromatic heterocycles. The van der Waals surface area contributed by atoms with E-state index in [1.807, 2.05) is 29.2 Å². The second-order valence-electron chi connectivity index (χ2n) is 12.1. The summed E-state index contributed by atoms with van der Waals surface area (Å²) in [6.45, 7) is 1.47. The van der Waals surface area contributed by atoms with Gasteiger partial charge in [0.2, 0.25) is 11.8 Å². The van der Waals surface area contributed by atoms with Gasteiger partial charge in [-0.25, -0.2) is 9.97 Å². The molecule has 4 saturated carbocycles. The van der Waals surface area contributed by atoms with Gasteiger partial charge < -0.3 is 15.0 Å². The van der Waals surface area contributed by atoms with Gasteiger partial charge in [-0.15, -0.1) is 0 Å². The van der Waals surface area contributed by atoms with Gasteiger partial charge in [-0.3, -0.25) is 9.59 Å². The van der Waals surface area contributed by atoms with Crippen LogP contribution in [0.5, 0.6) is 5.75 Å². The highest BCUT2D eigenvalue weighted by Crippen LogP contribution is 2.61. The molecule has 1 unspecified atom stereocenters. The number of nitrogens with one attached hydrogen (secondary N) is 1. The van der Waals surface area contributed by atoms with Gasteiger partial charge in [-0.05, 0) is 86.2 Å². The number of aromatic nitrogens is 2. The number of rotatable bonds is 4. The summed E-state index contributed by atoms with van der Waals surface area (Å²) < 4.78 is 5.86. The first-order valence-electron chi connectivity index (χ1n) is 13.7. The van der Waals surface area contributed by atoms with Gasteiger partial charge in [-0.1, -0.05) is 18.2 Å². The molecule has 1 atom stereocenters. The van der Waals surface area contributed by atoms with E-state index in [4.69, 9.17) is 4.74 Å². The fraction of sp³-hybridized carbons (Fsp3) is 0.586. The average Bonchev–Trinajstić information content (AvgIpc) is 2.86. The van der Waals surface area contributed by atoms with Crippen LogP contribution in [-0.4, -0.2) is 39.8 Å². The number of nitrogens with zero attached hydrogens (tertiary/aromatic N) is 3. The molecule has 0 radical (unpaired) electrons. The van der Waals surface area contributed by atoms with E-state index < -0.39 is 0 Å². The molecular formula is C29H34N4O3. The van der Waals surface area contributed by atoms with Gasteiger partial charge in [0.25, 0.3) is 0 Å². The molecule has 4 aliphatic carbocycles. The third-order valence-corrected chi connectivity index (χ3v) is 9.51. The normalized spacial score (nSPS) is 31.8. The van der Waals surface area contributed by atoms with Crippen LogP contribution in [0.25, 0.3) is 0 Å². The molecule has 1 aromatic carbocycles. The van der Waals surface area contributed by atoms with Gasteiger partial charge >= 0.3 is 0 Å². The van der Waals surface area contributed by atoms with E-state index in [1.54, 1.807) is 0 Å². The van der Waals surface area contributed by atoms with Crippen LogP contribution in [0.15, 0.2) is 30.6 Å². The van der Waals surface area contributed by atoms with Crippen molar-refractivity contribution in [1.29, 1.82) is 0 Å². The predicted octanol–water partition coefficient (Wildman–Crippen LogP) is 4.16. The van der Waals surface area contributed by atoms with Crippen LogP contribution in [0.4, 0.5) is 5.82 Å². The number of fused-ring (bicyclic) bond motifs is 2. The molecule has 8 rings (SSSR count). The largest absolute Gasteiger partial charge is 0.492 e. The fourth-order valence-electron chi connectivity index (χ4n) is 8.42. The van der Waals surface area contributed by atoms with Crippen LogP contribution in [0.3, 0.4) is 0 Å². The van der Waals surface area contributed by atoms with E-state index in [2.05, 4.69) is 15.3 Å². The molecule has 1 N–H and O–H groups in total. The molecule has 7 heteroatoms. The zero-order valence-corrected chi connectivity index (χ0v) is 20.7. The maximum Gasteiger partial charge on any atom is 0.229 e. The summed E-state index contributed by atoms with van der Waals surface area (Å²) in [7, 11) is 0. The minimum atomic E-state index is -0.178. The second-order valence-corrected chi connectivity index (χ2v) is 12.1. The van der Waals surface area contributed by atoms with E-state index in [-0.39, 0.29) is 23.1 Å². The van der Waals surface area contributed by atoms with Crippen LogP contribution in [0.2, 0.25) is 0 Å². The lowest BCUT2D eigenvalue weighted by Crippen LogP contribution is -2.47. The molecule has 2 aromatic rings. The molecule has 4 bridgehead atoms. The van der Waals surface area contributed by atoms with E-state index in [9.17, 15) is 9.59 Å². The molecule has 0 spiro atoms. The number of hydrogen-bond donors (Lipinski definition) is 1. The first-order chi connectivity index (χ1) is 17.5. The van der Waals surface area contributed by atoms with E-state index in [0.29, 0.717) is 44.8 Å². The monoisotopic (exact) mass is 486 g/mol. The van der Waals surface area contributed by atoms with Crippen molar-refractivity contribution < 1.29 is 14.3 Å². The highest BCUT2D eigenvalue weighted by molar-refractivity contribution is 5.91. The first kappa shape index (κ1) is 22.3. The zero-order valence-electron chi connectivity index (χ0n) is 20.7. The third kappa shape index (κ3) is 3.97. The Hall–Kier alpha value is -2.96. The standard InChI is InChI=1S/C29H34N4O3/c34-26(14-29-11-18-7-19(12-29)9-20(8-18)13-29)32-27-23-5-6-33(15-24(23)30-17-31-27)28(35)22-10-21-3-1-2-4-25(21)36-16-22/h1-4,17-20,22H,5-16H2,(H,30,31,32,34). The van der Waals surface area contributed by atoms with E-state index in [1.165, 1.54) is 44.9 Å². The van der Waals surface area contributed by atoms with Crippen LogP contribution < -0.4 is 10.1 Å². The van der Waals surface area contributed by atoms with Crippen molar-refractivity contribution in [3.8, 4) is 5.75 Å². The molecule has 6 aliphatic rings. The van der Waals surface area contributed by atoms with Gasteiger partial charge in [0.05, 0.1) is 18.2 Å². The SMILES string of the molecule is O=C(CC12CC3CC(CC(C3)C1)C2)Nc1ncnc2c1CCN(C(=O)C1COc3ccccc3C1)C2. The number of hydrogen-bond acceptors (Lipinski definition) is 5. The Balaban J connectivity index is 1.02. The molecule has 2 amide bonds. The summed E-state index contributed by atoms with van der Waals surface area (Å²) in [5.41, 5.74) is 3.11. The number of amides is 2. The smallest absolute Gasteiger partial charge is 0.229 e. The predicted molar refractivity (Wildman–Crippen MR) is 134 cm³/mol. The highest BCUT2D eigenvalue weighted by atomic mass is 16.5. The van der Waals surface area contributed by atoms with Crippen LogP contribution >= 0.6 is 0 Å². The average molecular weight is 487 g/mol. The van der Waals surface area contributed by atoms with Gasteiger partial charge in [0.1, 0.15) is 24.5 Å². The maximum atomic E-state index is 13.3. The van der Waals surface area contributed by atoms with Crippen molar-refractivity contribution in [2.75, 3.05) is 18.5 Å². The van der Waals surface area contributed by atoms with Crippen LogP contribution in [0, 0.1) is 29.1 Å². The van der Waals surface area contributed by atoms with Gasteiger partial charge in [0.15, 0.2) is 0 Å². The van der Waals surface area contributed by atoms with Crippen molar-refractivity contribution >= 4 is 17.6 Å². The van der Waals surface area contributed by atoms with Crippen molar-refractivity contribution in [2.24, 2.45) is 29.1 Å². The summed E-state index contributed by atoms with van der Waals surface area (Å²) in [6, 6.07) is 7.94. The summed E-state index contributed by atoms with van der Waals surface area (Å²) in [6.07, 6.45) is 11.3. The number of anilines is 1. The number of ether oxygens (including phenoxy) is 1. The number of carbonyl (C=O) groups is 2. The molecule has 2 aliphatic heterocycles. The summed E-state index contributed by atoms with van der Waals surface area (Å²) >= 11 is 0. The summed E-state index contributed by atoms with van der Waals surface area (Å²) in [5, 5.41) is 3.15. The molecule has 4 fully saturated rings. The van der Waals surface area contributed by atoms with E-state index in [0.717, 1.165) is 40.3 Å². The molecule has 188 valence electrons. The van der Waals surface area contributed by atoms with Crippen LogP contribution in [-0.2, 0) is 29.0 Å². The number of para-hydroxylation sites is 1. The topological polar surface area (TPSA) is 84.4 Å². The summed E-state index contributed by atoms with van der Waals surface area (Å²) in [5.74, 6) is 4.05. The molecule has 7 nitrogen and oxygen atoms in total. The lowest BCUT2D eigenvalue weighted by atomic mass is 9.49. The Bertz CT molecular complexity index is 1180.